The summed E-state index contributed by atoms with van der Waals surface area (Å²) in [6, 6.07) is 7.96. The van der Waals surface area contributed by atoms with Crippen molar-refractivity contribution in [1.82, 2.24) is 9.97 Å². The van der Waals surface area contributed by atoms with Crippen LogP contribution in [0.5, 0.6) is 0 Å². The van der Waals surface area contributed by atoms with E-state index < -0.39 is 0 Å². The first kappa shape index (κ1) is 8.52. The molecule has 0 N–H and O–H groups in total. The van der Waals surface area contributed by atoms with Crippen molar-refractivity contribution < 1.29 is 0 Å². The van der Waals surface area contributed by atoms with Crippen molar-refractivity contribution in [2.24, 2.45) is 0 Å². The fraction of sp³-hybridized carbons (Fsp3) is 0. The Hall–Kier alpha value is -2.62. The smallest absolute Gasteiger partial charge is 0.0893 e. The van der Waals surface area contributed by atoms with Gasteiger partial charge in [0.1, 0.15) is 0 Å². The molecule has 3 aromatic rings. The lowest BCUT2D eigenvalue weighted by molar-refractivity contribution is 1.37. The highest BCUT2D eigenvalue weighted by Gasteiger charge is 2.07. The van der Waals surface area contributed by atoms with E-state index in [1.54, 1.807) is 12.4 Å². The van der Waals surface area contributed by atoms with E-state index in [0.29, 0.717) is 0 Å². The van der Waals surface area contributed by atoms with Crippen LogP contribution in [0.15, 0.2) is 42.4 Å². The molecule has 0 aliphatic heterocycles. The Morgan fingerprint density at radius 1 is 0.765 bits per heavy atom. The summed E-state index contributed by atoms with van der Waals surface area (Å²) in [5, 5.41) is 4.11. The summed E-state index contributed by atoms with van der Waals surface area (Å²) >= 11 is 0. The van der Waals surface area contributed by atoms with Gasteiger partial charge in [-0.1, -0.05) is 5.73 Å². The van der Waals surface area contributed by atoms with Crippen LogP contribution in [0.25, 0.3) is 33.3 Å². The summed E-state index contributed by atoms with van der Waals surface area (Å²) in [6.07, 6.45) is 3.59. The normalized spacial score (nSPS) is 11.5. The van der Waals surface area contributed by atoms with Crippen LogP contribution in [-0.2, 0) is 0 Å². The summed E-state index contributed by atoms with van der Waals surface area (Å²) in [5.41, 5.74) is 11.0. The number of pyridine rings is 2. The molecular weight excluding hydrogens is 208 g/mol. The zero-order chi connectivity index (χ0) is 11.2. The molecule has 1 aromatic carbocycles. The molecule has 17 heavy (non-hydrogen) atoms. The molecule has 0 unspecified atom stereocenters. The highest BCUT2D eigenvalue weighted by molar-refractivity contribution is 6.04. The third-order valence-electron chi connectivity index (χ3n) is 3.00. The van der Waals surface area contributed by atoms with Gasteiger partial charge in [-0.3, -0.25) is 9.97 Å². The number of aromatic nitrogens is 2. The molecule has 0 amide bonds. The van der Waals surface area contributed by atoms with E-state index in [4.69, 9.17) is 0 Å². The zero-order valence-electron chi connectivity index (χ0n) is 8.86. The fourth-order valence-corrected chi connectivity index (χ4v) is 2.28. The first-order valence-electron chi connectivity index (χ1n) is 5.37. The summed E-state index contributed by atoms with van der Waals surface area (Å²) in [7, 11) is 0. The second kappa shape index (κ2) is 2.95. The van der Waals surface area contributed by atoms with E-state index in [2.05, 4.69) is 33.2 Å². The number of rotatable bonds is 0. The van der Waals surface area contributed by atoms with Gasteiger partial charge in [0.05, 0.1) is 21.5 Å². The molecule has 0 bridgehead atoms. The van der Waals surface area contributed by atoms with Crippen LogP contribution in [-0.4, -0.2) is 9.97 Å². The van der Waals surface area contributed by atoms with Crippen molar-refractivity contribution in [3.63, 3.8) is 0 Å². The molecular formula is C15H6N2. The fourth-order valence-electron chi connectivity index (χ4n) is 2.28. The van der Waals surface area contributed by atoms with Gasteiger partial charge in [-0.25, -0.2) is 0 Å². The van der Waals surface area contributed by atoms with Crippen molar-refractivity contribution in [2.45, 2.75) is 0 Å². The van der Waals surface area contributed by atoms with Crippen molar-refractivity contribution in [1.29, 1.82) is 0 Å². The molecule has 2 nitrogen and oxygen atoms in total. The molecule has 0 spiro atoms. The molecule has 1 aliphatic rings. The van der Waals surface area contributed by atoms with Crippen LogP contribution in [0.4, 0.5) is 0 Å². The Morgan fingerprint density at radius 3 is 2.35 bits per heavy atom. The minimum Gasteiger partial charge on any atom is -0.256 e. The van der Waals surface area contributed by atoms with E-state index in [0.717, 1.165) is 32.2 Å². The van der Waals surface area contributed by atoms with Gasteiger partial charge in [0.15, 0.2) is 0 Å². The van der Waals surface area contributed by atoms with Crippen LogP contribution in [0.3, 0.4) is 0 Å². The maximum atomic E-state index is 4.45. The third kappa shape index (κ3) is 1.01. The average Bonchev–Trinajstić information content (AvgIpc) is 2.89. The predicted molar refractivity (Wildman–Crippen MR) is 66.6 cm³/mol. The maximum absolute atomic E-state index is 4.45. The largest absolute Gasteiger partial charge is 0.256 e. The molecule has 2 aromatic heterocycles. The Kier molecular flexibility index (Phi) is 1.48. The number of nitrogens with zero attached hydrogens (tertiary/aromatic N) is 2. The van der Waals surface area contributed by atoms with Crippen LogP contribution in [0.2, 0.25) is 0 Å². The van der Waals surface area contributed by atoms with Crippen molar-refractivity contribution >= 4 is 33.3 Å². The second-order valence-corrected chi connectivity index (χ2v) is 3.92. The van der Waals surface area contributed by atoms with Crippen molar-refractivity contribution in [3.05, 3.63) is 52.8 Å². The summed E-state index contributed by atoms with van der Waals surface area (Å²) in [6.45, 7) is 0. The average molecular weight is 214 g/mol. The Balaban J connectivity index is 2.56. The van der Waals surface area contributed by atoms with Crippen LogP contribution in [0.1, 0.15) is 0 Å². The molecule has 2 heteroatoms. The van der Waals surface area contributed by atoms with E-state index in [-0.39, 0.29) is 0 Å². The molecule has 0 fully saturated rings. The Labute approximate surface area is 96.6 Å². The zero-order valence-corrected chi connectivity index (χ0v) is 8.86. The van der Waals surface area contributed by atoms with Crippen LogP contribution < -0.4 is 10.4 Å². The molecule has 0 radical (unpaired) electrons. The Bertz CT molecular complexity index is 904. The van der Waals surface area contributed by atoms with Gasteiger partial charge in [0.2, 0.25) is 0 Å². The predicted octanol–water partition coefficient (Wildman–Crippen LogP) is 1.27. The minimum absolute atomic E-state index is 0.922. The van der Waals surface area contributed by atoms with Gasteiger partial charge >= 0.3 is 0 Å². The van der Waals surface area contributed by atoms with Crippen LogP contribution in [0, 0.1) is 0 Å². The highest BCUT2D eigenvalue weighted by Crippen LogP contribution is 2.15. The first-order valence-corrected chi connectivity index (χ1v) is 5.37. The molecule has 4 rings (SSSR count). The molecule has 0 saturated carbocycles. The topological polar surface area (TPSA) is 25.8 Å². The minimum atomic E-state index is 0.922. The quantitative estimate of drug-likeness (QED) is 0.325. The Morgan fingerprint density at radius 2 is 1.47 bits per heavy atom. The van der Waals surface area contributed by atoms with E-state index in [1.165, 1.54) is 0 Å². The number of benzene rings is 1. The maximum Gasteiger partial charge on any atom is 0.0893 e. The van der Waals surface area contributed by atoms with Gasteiger partial charge in [-0.15, -0.1) is 0 Å². The summed E-state index contributed by atoms with van der Waals surface area (Å²) in [4.78, 5) is 8.87. The SMILES string of the molecule is C1=C=c2c(c3ncccc3c3ncccc23)=C=1. The van der Waals surface area contributed by atoms with E-state index >= 15 is 0 Å². The summed E-state index contributed by atoms with van der Waals surface area (Å²) < 4.78 is 0. The van der Waals surface area contributed by atoms with Gasteiger partial charge < -0.3 is 0 Å². The van der Waals surface area contributed by atoms with Gasteiger partial charge in [0, 0.05) is 23.2 Å². The van der Waals surface area contributed by atoms with E-state index in [1.807, 2.05) is 18.2 Å². The molecule has 1 aliphatic carbocycles. The standard InChI is InChI=1S/C15H6N2/c1-4-10-11(5-1)14-13(7-3-9-17-14)15-12(10)6-2-8-16-15/h2-3,6-9H. The lowest BCUT2D eigenvalue weighted by Gasteiger charge is -2.02. The summed E-state index contributed by atoms with van der Waals surface area (Å²) in [5.74, 6) is 0. The lowest BCUT2D eigenvalue weighted by atomic mass is 10.1. The van der Waals surface area contributed by atoms with Gasteiger partial charge in [0.25, 0.3) is 0 Å². The second-order valence-electron chi connectivity index (χ2n) is 3.92. The molecule has 2 heterocycles. The van der Waals surface area contributed by atoms with Gasteiger partial charge in [-0.05, 0) is 35.7 Å². The van der Waals surface area contributed by atoms with Gasteiger partial charge in [-0.2, -0.15) is 0 Å². The number of hydrogen-bond acceptors (Lipinski definition) is 2. The third-order valence-corrected chi connectivity index (χ3v) is 3.00. The molecule has 0 saturated heterocycles. The molecule has 0 atom stereocenters. The van der Waals surface area contributed by atoms with Crippen LogP contribution >= 0.6 is 0 Å². The number of hydrogen-bond donors (Lipinski definition) is 0. The number of fused-ring (bicyclic) bond motifs is 6. The highest BCUT2D eigenvalue weighted by atomic mass is 14.7. The van der Waals surface area contributed by atoms with Crippen molar-refractivity contribution in [3.8, 4) is 0 Å². The van der Waals surface area contributed by atoms with E-state index in [9.17, 15) is 0 Å². The van der Waals surface area contributed by atoms with Crippen molar-refractivity contribution in [2.75, 3.05) is 0 Å². The monoisotopic (exact) mass is 214 g/mol. The molecule has 76 valence electrons. The lowest BCUT2D eigenvalue weighted by Crippen LogP contribution is -2.24. The first-order chi connectivity index (χ1) is 8.45.